The molecule has 3 nitrogen and oxygen atoms in total. The highest BCUT2D eigenvalue weighted by Gasteiger charge is 2.22. The van der Waals surface area contributed by atoms with Crippen molar-refractivity contribution >= 4 is 16.5 Å². The second-order valence-electron chi connectivity index (χ2n) is 3.84. The number of aromatic nitrogens is 1. The van der Waals surface area contributed by atoms with Crippen LogP contribution >= 0.6 is 11.3 Å². The molecular formula is C10H17N3S. The molecule has 1 saturated heterocycles. The number of rotatable bonds is 3. The summed E-state index contributed by atoms with van der Waals surface area (Å²) in [6.07, 6.45) is 2.61. The van der Waals surface area contributed by atoms with Crippen LogP contribution in [0.3, 0.4) is 0 Å². The minimum absolute atomic E-state index is 0.670. The molecule has 1 fully saturated rings. The van der Waals surface area contributed by atoms with Crippen molar-refractivity contribution in [3.63, 3.8) is 0 Å². The lowest BCUT2D eigenvalue weighted by Crippen LogP contribution is -2.26. The Balaban J connectivity index is 2.08. The van der Waals surface area contributed by atoms with Crippen LogP contribution in [0.1, 0.15) is 25.5 Å². The molecule has 0 bridgehead atoms. The summed E-state index contributed by atoms with van der Waals surface area (Å²) in [6, 6.07) is 0.670. The molecule has 1 aromatic rings. The lowest BCUT2D eigenvalue weighted by Gasteiger charge is -2.19. The first kappa shape index (κ1) is 9.93. The molecule has 14 heavy (non-hydrogen) atoms. The van der Waals surface area contributed by atoms with Gasteiger partial charge in [-0.3, -0.25) is 0 Å². The van der Waals surface area contributed by atoms with E-state index in [1.807, 2.05) is 7.05 Å². The van der Waals surface area contributed by atoms with E-state index < -0.39 is 0 Å². The molecule has 4 heteroatoms. The standard InChI is InChI=1S/C10H17N3S/c1-8-4-3-5-13(8)10-12-9(6-11-2)7-14-10/h7-8,11H,3-6H2,1-2H3. The van der Waals surface area contributed by atoms with Gasteiger partial charge in [-0.1, -0.05) is 0 Å². The van der Waals surface area contributed by atoms with Gasteiger partial charge in [0, 0.05) is 24.5 Å². The fourth-order valence-corrected chi connectivity index (χ4v) is 2.86. The van der Waals surface area contributed by atoms with Crippen molar-refractivity contribution in [2.24, 2.45) is 0 Å². The van der Waals surface area contributed by atoms with Crippen molar-refractivity contribution in [3.05, 3.63) is 11.1 Å². The largest absolute Gasteiger partial charge is 0.345 e. The first-order chi connectivity index (χ1) is 6.81. The highest BCUT2D eigenvalue weighted by Crippen LogP contribution is 2.28. The Morgan fingerprint density at radius 1 is 1.71 bits per heavy atom. The van der Waals surface area contributed by atoms with Crippen LogP contribution in [0.25, 0.3) is 0 Å². The van der Waals surface area contributed by atoms with Crippen LogP contribution in [0, 0.1) is 0 Å². The van der Waals surface area contributed by atoms with Gasteiger partial charge in [-0.15, -0.1) is 11.3 Å². The molecule has 1 N–H and O–H groups in total. The number of thiazole rings is 1. The van der Waals surface area contributed by atoms with E-state index in [4.69, 9.17) is 0 Å². The number of hydrogen-bond acceptors (Lipinski definition) is 4. The van der Waals surface area contributed by atoms with E-state index in [2.05, 4.69) is 27.5 Å². The van der Waals surface area contributed by atoms with Crippen LogP contribution in [-0.2, 0) is 6.54 Å². The Morgan fingerprint density at radius 2 is 2.57 bits per heavy atom. The molecule has 2 rings (SSSR count). The third-order valence-corrected chi connectivity index (χ3v) is 3.62. The maximum Gasteiger partial charge on any atom is 0.185 e. The van der Waals surface area contributed by atoms with Gasteiger partial charge < -0.3 is 10.2 Å². The molecule has 0 amide bonds. The van der Waals surface area contributed by atoms with Crippen molar-refractivity contribution in [1.82, 2.24) is 10.3 Å². The topological polar surface area (TPSA) is 28.2 Å². The van der Waals surface area contributed by atoms with Gasteiger partial charge in [0.25, 0.3) is 0 Å². The molecule has 1 unspecified atom stereocenters. The third kappa shape index (κ3) is 1.91. The normalized spacial score (nSPS) is 21.9. The lowest BCUT2D eigenvalue weighted by atomic mass is 10.2. The summed E-state index contributed by atoms with van der Waals surface area (Å²) >= 11 is 1.77. The summed E-state index contributed by atoms with van der Waals surface area (Å²) in [5.41, 5.74) is 1.16. The second kappa shape index (κ2) is 4.28. The van der Waals surface area contributed by atoms with Gasteiger partial charge in [0.05, 0.1) is 5.69 Å². The van der Waals surface area contributed by atoms with Gasteiger partial charge in [-0.25, -0.2) is 4.98 Å². The van der Waals surface area contributed by atoms with Crippen molar-refractivity contribution in [1.29, 1.82) is 0 Å². The fourth-order valence-electron chi connectivity index (χ4n) is 1.91. The SMILES string of the molecule is CNCc1csc(N2CCCC2C)n1. The van der Waals surface area contributed by atoms with Crippen molar-refractivity contribution in [2.45, 2.75) is 32.4 Å². The predicted octanol–water partition coefficient (Wildman–Crippen LogP) is 1.85. The van der Waals surface area contributed by atoms with Gasteiger partial charge in [-0.2, -0.15) is 0 Å². The second-order valence-corrected chi connectivity index (χ2v) is 4.67. The minimum atomic E-state index is 0.670. The van der Waals surface area contributed by atoms with E-state index in [1.54, 1.807) is 11.3 Å². The van der Waals surface area contributed by atoms with Crippen molar-refractivity contribution in [2.75, 3.05) is 18.5 Å². The number of anilines is 1. The Bertz CT molecular complexity index is 297. The van der Waals surface area contributed by atoms with E-state index >= 15 is 0 Å². The Morgan fingerprint density at radius 3 is 3.21 bits per heavy atom. The Labute approximate surface area is 89.1 Å². The van der Waals surface area contributed by atoms with Crippen LogP contribution in [0.4, 0.5) is 5.13 Å². The van der Waals surface area contributed by atoms with Crippen LogP contribution in [-0.4, -0.2) is 24.6 Å². The molecule has 0 radical (unpaired) electrons. The molecule has 2 heterocycles. The monoisotopic (exact) mass is 211 g/mol. The Kier molecular flexibility index (Phi) is 3.03. The molecule has 0 spiro atoms. The Hall–Kier alpha value is -0.610. The molecule has 1 aliphatic rings. The maximum absolute atomic E-state index is 4.61. The number of nitrogens with one attached hydrogen (secondary N) is 1. The average molecular weight is 211 g/mol. The van der Waals surface area contributed by atoms with E-state index in [-0.39, 0.29) is 0 Å². The van der Waals surface area contributed by atoms with E-state index in [9.17, 15) is 0 Å². The summed E-state index contributed by atoms with van der Waals surface area (Å²) in [6.45, 7) is 4.33. The predicted molar refractivity (Wildman–Crippen MR) is 60.9 cm³/mol. The summed E-state index contributed by atoms with van der Waals surface area (Å²) in [7, 11) is 1.96. The molecule has 1 aromatic heterocycles. The van der Waals surface area contributed by atoms with Crippen molar-refractivity contribution in [3.8, 4) is 0 Å². The molecule has 1 aliphatic heterocycles. The van der Waals surface area contributed by atoms with Crippen LogP contribution in [0.2, 0.25) is 0 Å². The number of nitrogens with zero attached hydrogens (tertiary/aromatic N) is 2. The van der Waals surface area contributed by atoms with Crippen LogP contribution in [0.5, 0.6) is 0 Å². The fraction of sp³-hybridized carbons (Fsp3) is 0.700. The quantitative estimate of drug-likeness (QED) is 0.827. The smallest absolute Gasteiger partial charge is 0.185 e. The first-order valence-corrected chi connectivity index (χ1v) is 6.05. The van der Waals surface area contributed by atoms with Gasteiger partial charge in [0.1, 0.15) is 0 Å². The van der Waals surface area contributed by atoms with Gasteiger partial charge in [-0.05, 0) is 26.8 Å². The van der Waals surface area contributed by atoms with E-state index in [0.29, 0.717) is 6.04 Å². The zero-order valence-corrected chi connectivity index (χ0v) is 9.60. The zero-order chi connectivity index (χ0) is 9.97. The minimum Gasteiger partial charge on any atom is -0.345 e. The van der Waals surface area contributed by atoms with Gasteiger partial charge in [0.15, 0.2) is 5.13 Å². The molecule has 0 saturated carbocycles. The van der Waals surface area contributed by atoms with Crippen LogP contribution in [0.15, 0.2) is 5.38 Å². The summed E-state index contributed by atoms with van der Waals surface area (Å²) in [5.74, 6) is 0. The zero-order valence-electron chi connectivity index (χ0n) is 8.79. The van der Waals surface area contributed by atoms with Gasteiger partial charge in [0.2, 0.25) is 0 Å². The molecule has 1 atom stereocenters. The van der Waals surface area contributed by atoms with E-state index in [1.165, 1.54) is 24.5 Å². The highest BCUT2D eigenvalue weighted by atomic mass is 32.1. The molecular weight excluding hydrogens is 194 g/mol. The molecule has 78 valence electrons. The number of hydrogen-bond donors (Lipinski definition) is 1. The van der Waals surface area contributed by atoms with Crippen LogP contribution < -0.4 is 10.2 Å². The lowest BCUT2D eigenvalue weighted by molar-refractivity contribution is 0.728. The van der Waals surface area contributed by atoms with E-state index in [0.717, 1.165) is 12.2 Å². The highest BCUT2D eigenvalue weighted by molar-refractivity contribution is 7.13. The maximum atomic E-state index is 4.61. The average Bonchev–Trinajstić information content (AvgIpc) is 2.74. The summed E-state index contributed by atoms with van der Waals surface area (Å²) in [5, 5.41) is 6.47. The third-order valence-electron chi connectivity index (χ3n) is 2.70. The summed E-state index contributed by atoms with van der Waals surface area (Å²) in [4.78, 5) is 7.03. The first-order valence-electron chi connectivity index (χ1n) is 5.17. The molecule has 0 aliphatic carbocycles. The summed E-state index contributed by atoms with van der Waals surface area (Å²) < 4.78 is 0. The van der Waals surface area contributed by atoms with Crippen molar-refractivity contribution < 1.29 is 0 Å². The van der Waals surface area contributed by atoms with Gasteiger partial charge >= 0.3 is 0 Å². The molecule has 0 aromatic carbocycles.